The van der Waals surface area contributed by atoms with E-state index in [0.717, 1.165) is 11.1 Å². The molecule has 5 nitrogen and oxygen atoms in total. The fraction of sp³-hybridized carbons (Fsp3) is 0.158. The average molecular weight is 406 g/mol. The first-order chi connectivity index (χ1) is 13.4. The molecule has 0 radical (unpaired) electrons. The summed E-state index contributed by atoms with van der Waals surface area (Å²) in [6.07, 6.45) is 1.74. The predicted molar refractivity (Wildman–Crippen MR) is 105 cm³/mol. The summed E-state index contributed by atoms with van der Waals surface area (Å²) in [7, 11) is 0. The maximum atomic E-state index is 13.0. The van der Waals surface area contributed by atoms with E-state index in [9.17, 15) is 13.2 Å². The van der Waals surface area contributed by atoms with Crippen LogP contribution in [0.4, 0.5) is 24.7 Å². The lowest BCUT2D eigenvalue weighted by atomic mass is 10.2. The number of alkyl halides is 2. The van der Waals surface area contributed by atoms with Gasteiger partial charge >= 0.3 is 6.61 Å². The van der Waals surface area contributed by atoms with Crippen LogP contribution in [0.15, 0.2) is 54.7 Å². The molecule has 0 unspecified atom stereocenters. The Kier molecular flexibility index (Phi) is 6.15. The van der Waals surface area contributed by atoms with E-state index in [1.165, 1.54) is 18.2 Å². The zero-order valence-electron chi connectivity index (χ0n) is 14.8. The van der Waals surface area contributed by atoms with Gasteiger partial charge in [0.25, 0.3) is 0 Å². The number of nitrogens with one attached hydrogen (secondary N) is 2. The number of hydrogen-bond acceptors (Lipinski definition) is 3. The Bertz CT molecular complexity index is 960. The van der Waals surface area contributed by atoms with Crippen LogP contribution in [0.2, 0.25) is 0 Å². The quantitative estimate of drug-likeness (QED) is 0.577. The van der Waals surface area contributed by atoms with E-state index in [1.807, 2.05) is 6.92 Å². The highest BCUT2D eigenvalue weighted by molar-refractivity contribution is 7.80. The average Bonchev–Trinajstić information content (AvgIpc) is 3.05. The van der Waals surface area contributed by atoms with Gasteiger partial charge in [0.1, 0.15) is 11.6 Å². The van der Waals surface area contributed by atoms with Crippen molar-refractivity contribution in [2.24, 2.45) is 0 Å². The summed E-state index contributed by atoms with van der Waals surface area (Å²) < 4.78 is 44.2. The first kappa shape index (κ1) is 19.7. The fourth-order valence-corrected chi connectivity index (χ4v) is 2.72. The molecule has 2 aromatic carbocycles. The SMILES string of the molecule is Cc1ccc(OC(F)F)c(NC(=S)Nc2ccn(Cc3ccc(F)cc3)n2)c1. The van der Waals surface area contributed by atoms with Gasteiger partial charge in [-0.15, -0.1) is 0 Å². The van der Waals surface area contributed by atoms with Crippen LogP contribution in [0.25, 0.3) is 0 Å². The number of anilines is 2. The highest BCUT2D eigenvalue weighted by Crippen LogP contribution is 2.27. The Hall–Kier alpha value is -3.07. The highest BCUT2D eigenvalue weighted by atomic mass is 32.1. The number of rotatable bonds is 6. The molecule has 0 saturated heterocycles. The van der Waals surface area contributed by atoms with Crippen molar-refractivity contribution < 1.29 is 17.9 Å². The number of aromatic nitrogens is 2. The largest absolute Gasteiger partial charge is 0.433 e. The van der Waals surface area contributed by atoms with Gasteiger partial charge < -0.3 is 15.4 Å². The summed E-state index contributed by atoms with van der Waals surface area (Å²) >= 11 is 5.23. The van der Waals surface area contributed by atoms with E-state index >= 15 is 0 Å². The number of thiocarbonyl (C=S) groups is 1. The number of nitrogens with zero attached hydrogens (tertiary/aromatic N) is 2. The van der Waals surface area contributed by atoms with E-state index in [1.54, 1.807) is 41.2 Å². The first-order valence-electron chi connectivity index (χ1n) is 8.30. The third kappa shape index (κ3) is 5.46. The summed E-state index contributed by atoms with van der Waals surface area (Å²) in [5.74, 6) is 0.171. The molecule has 3 aromatic rings. The molecule has 28 heavy (non-hydrogen) atoms. The Morgan fingerprint density at radius 2 is 1.89 bits per heavy atom. The maximum Gasteiger partial charge on any atom is 0.387 e. The molecule has 0 spiro atoms. The molecule has 1 heterocycles. The van der Waals surface area contributed by atoms with Crippen LogP contribution in [0.1, 0.15) is 11.1 Å². The van der Waals surface area contributed by atoms with E-state index in [0.29, 0.717) is 18.1 Å². The summed E-state index contributed by atoms with van der Waals surface area (Å²) in [5.41, 5.74) is 2.07. The van der Waals surface area contributed by atoms with Crippen LogP contribution < -0.4 is 15.4 Å². The van der Waals surface area contributed by atoms with Crippen LogP contribution in [0.3, 0.4) is 0 Å². The molecule has 146 valence electrons. The number of ether oxygens (including phenoxy) is 1. The normalized spacial score (nSPS) is 10.8. The minimum absolute atomic E-state index is 0.00779. The third-order valence-electron chi connectivity index (χ3n) is 3.74. The van der Waals surface area contributed by atoms with E-state index in [-0.39, 0.29) is 16.7 Å². The third-order valence-corrected chi connectivity index (χ3v) is 3.94. The van der Waals surface area contributed by atoms with Crippen LogP contribution in [-0.4, -0.2) is 21.5 Å². The molecule has 3 rings (SSSR count). The van der Waals surface area contributed by atoms with E-state index in [4.69, 9.17) is 12.2 Å². The Morgan fingerprint density at radius 1 is 1.14 bits per heavy atom. The summed E-state index contributed by atoms with van der Waals surface area (Å²) in [6, 6.07) is 12.6. The van der Waals surface area contributed by atoms with Crippen LogP contribution in [-0.2, 0) is 6.54 Å². The van der Waals surface area contributed by atoms with Crippen molar-refractivity contribution in [2.75, 3.05) is 10.6 Å². The van der Waals surface area contributed by atoms with Crippen molar-refractivity contribution >= 4 is 28.8 Å². The Morgan fingerprint density at radius 3 is 2.61 bits per heavy atom. The lowest BCUT2D eigenvalue weighted by Gasteiger charge is -2.14. The van der Waals surface area contributed by atoms with Gasteiger partial charge in [0.05, 0.1) is 12.2 Å². The Balaban J connectivity index is 1.63. The summed E-state index contributed by atoms with van der Waals surface area (Å²) in [5, 5.41) is 10.2. The van der Waals surface area contributed by atoms with Crippen LogP contribution in [0, 0.1) is 12.7 Å². The molecule has 0 amide bonds. The zero-order chi connectivity index (χ0) is 20.1. The highest BCUT2D eigenvalue weighted by Gasteiger charge is 2.12. The van der Waals surface area contributed by atoms with Gasteiger partial charge in [0.15, 0.2) is 10.9 Å². The summed E-state index contributed by atoms with van der Waals surface area (Å²) in [4.78, 5) is 0. The van der Waals surface area contributed by atoms with Gasteiger partial charge in [-0.3, -0.25) is 4.68 Å². The zero-order valence-corrected chi connectivity index (χ0v) is 15.6. The van der Waals surface area contributed by atoms with Crippen LogP contribution in [0.5, 0.6) is 5.75 Å². The van der Waals surface area contributed by atoms with Crippen LogP contribution >= 0.6 is 12.2 Å². The Labute approximate surface area is 165 Å². The van der Waals surface area contributed by atoms with Gasteiger partial charge in [0.2, 0.25) is 0 Å². The molecular weight excluding hydrogens is 389 g/mol. The predicted octanol–water partition coefficient (Wildman–Crippen LogP) is 4.79. The molecule has 9 heteroatoms. The summed E-state index contributed by atoms with van der Waals surface area (Å²) in [6.45, 7) is -0.649. The van der Waals surface area contributed by atoms with Crippen molar-refractivity contribution in [3.8, 4) is 5.75 Å². The number of hydrogen-bond donors (Lipinski definition) is 2. The molecule has 0 aliphatic heterocycles. The monoisotopic (exact) mass is 406 g/mol. The van der Waals surface area contributed by atoms with Crippen molar-refractivity contribution in [1.29, 1.82) is 0 Å². The lowest BCUT2D eigenvalue weighted by molar-refractivity contribution is -0.0493. The van der Waals surface area contributed by atoms with Crippen molar-refractivity contribution in [1.82, 2.24) is 9.78 Å². The molecule has 0 aliphatic carbocycles. The van der Waals surface area contributed by atoms with Crippen molar-refractivity contribution in [2.45, 2.75) is 20.1 Å². The van der Waals surface area contributed by atoms with Gasteiger partial charge in [-0.05, 0) is 54.5 Å². The molecule has 1 aromatic heterocycles. The second-order valence-electron chi connectivity index (χ2n) is 5.98. The van der Waals surface area contributed by atoms with Gasteiger partial charge in [-0.2, -0.15) is 13.9 Å². The molecule has 0 fully saturated rings. The maximum absolute atomic E-state index is 13.0. The number of halogens is 3. The second kappa shape index (κ2) is 8.75. The molecule has 0 bridgehead atoms. The van der Waals surface area contributed by atoms with Crippen molar-refractivity contribution in [3.63, 3.8) is 0 Å². The van der Waals surface area contributed by atoms with Crippen molar-refractivity contribution in [3.05, 3.63) is 71.7 Å². The number of aryl methyl sites for hydroxylation is 1. The van der Waals surface area contributed by atoms with Gasteiger partial charge in [-0.1, -0.05) is 18.2 Å². The lowest BCUT2D eigenvalue weighted by Crippen LogP contribution is -2.20. The minimum atomic E-state index is -2.94. The standard InChI is InChI=1S/C19H17F3N4OS/c1-12-2-7-16(27-18(21)22)15(10-12)23-19(28)24-17-8-9-26(25-17)11-13-3-5-14(20)6-4-13/h2-10,18H,11H2,1H3,(H2,23,24,25,28). The number of benzene rings is 2. The first-order valence-corrected chi connectivity index (χ1v) is 8.71. The molecule has 2 N–H and O–H groups in total. The smallest absolute Gasteiger partial charge is 0.387 e. The fourth-order valence-electron chi connectivity index (χ4n) is 2.50. The molecule has 0 saturated carbocycles. The molecule has 0 atom stereocenters. The van der Waals surface area contributed by atoms with E-state index in [2.05, 4.69) is 20.5 Å². The topological polar surface area (TPSA) is 51.1 Å². The van der Waals surface area contributed by atoms with Gasteiger partial charge in [0, 0.05) is 12.3 Å². The van der Waals surface area contributed by atoms with Gasteiger partial charge in [-0.25, -0.2) is 4.39 Å². The molecule has 0 aliphatic rings. The molecular formula is C19H17F3N4OS. The minimum Gasteiger partial charge on any atom is -0.433 e. The second-order valence-corrected chi connectivity index (χ2v) is 6.39. The van der Waals surface area contributed by atoms with E-state index < -0.39 is 6.61 Å².